The van der Waals surface area contributed by atoms with E-state index in [1.165, 1.54) is 17.4 Å². The normalized spacial score (nSPS) is 16.7. The summed E-state index contributed by atoms with van der Waals surface area (Å²) in [5.74, 6) is -0.295. The third-order valence-electron chi connectivity index (χ3n) is 4.45. The van der Waals surface area contributed by atoms with Crippen molar-refractivity contribution in [1.29, 1.82) is 5.26 Å². The van der Waals surface area contributed by atoms with Crippen molar-refractivity contribution >= 4 is 45.8 Å². The Morgan fingerprint density at radius 2 is 2.34 bits per heavy atom. The first kappa shape index (κ1) is 21.0. The van der Waals surface area contributed by atoms with Crippen LogP contribution in [0.25, 0.3) is 6.08 Å². The fourth-order valence-corrected chi connectivity index (χ4v) is 4.88. The SMILES string of the molecule is CC(CO)NC(=O)OC1CCc2c(sc(NC(=O)C=Cc3ccsc3)c2C#N)C1. The average molecular weight is 432 g/mol. The second-order valence-electron chi connectivity index (χ2n) is 6.70. The highest BCUT2D eigenvalue weighted by molar-refractivity contribution is 7.16. The number of rotatable bonds is 6. The van der Waals surface area contributed by atoms with E-state index in [-0.39, 0.29) is 24.7 Å². The molecule has 152 valence electrons. The molecule has 3 rings (SSSR count). The van der Waals surface area contributed by atoms with Crippen molar-refractivity contribution in [2.45, 2.75) is 38.3 Å². The third kappa shape index (κ3) is 5.44. The quantitative estimate of drug-likeness (QED) is 0.608. The van der Waals surface area contributed by atoms with Crippen LogP contribution in [0, 0.1) is 11.3 Å². The fraction of sp³-hybridized carbons (Fsp3) is 0.350. The van der Waals surface area contributed by atoms with Crippen LogP contribution in [0.3, 0.4) is 0 Å². The summed E-state index contributed by atoms with van der Waals surface area (Å²) in [5.41, 5.74) is 2.35. The van der Waals surface area contributed by atoms with Crippen LogP contribution in [0.15, 0.2) is 22.9 Å². The van der Waals surface area contributed by atoms with Gasteiger partial charge in [-0.25, -0.2) is 4.79 Å². The summed E-state index contributed by atoms with van der Waals surface area (Å²) in [6, 6.07) is 3.73. The molecule has 0 saturated heterocycles. The lowest BCUT2D eigenvalue weighted by Gasteiger charge is -2.23. The van der Waals surface area contributed by atoms with Gasteiger partial charge in [-0.1, -0.05) is 0 Å². The molecule has 9 heteroatoms. The summed E-state index contributed by atoms with van der Waals surface area (Å²) < 4.78 is 5.43. The summed E-state index contributed by atoms with van der Waals surface area (Å²) in [6.07, 6.45) is 4.00. The van der Waals surface area contributed by atoms with Gasteiger partial charge in [0.15, 0.2) is 0 Å². The largest absolute Gasteiger partial charge is 0.446 e. The van der Waals surface area contributed by atoms with Crippen LogP contribution in [0.5, 0.6) is 0 Å². The molecule has 0 radical (unpaired) electrons. The van der Waals surface area contributed by atoms with Gasteiger partial charge in [0.1, 0.15) is 17.2 Å². The fourth-order valence-electron chi connectivity index (χ4n) is 2.99. The van der Waals surface area contributed by atoms with E-state index < -0.39 is 6.09 Å². The Hall–Kier alpha value is -2.67. The number of amides is 2. The number of carbonyl (C=O) groups is 2. The number of nitrogens with one attached hydrogen (secondary N) is 2. The summed E-state index contributed by atoms with van der Waals surface area (Å²) >= 11 is 2.90. The minimum atomic E-state index is -0.566. The summed E-state index contributed by atoms with van der Waals surface area (Å²) in [4.78, 5) is 25.1. The molecule has 2 atom stereocenters. The molecule has 7 nitrogen and oxygen atoms in total. The predicted octanol–water partition coefficient (Wildman–Crippen LogP) is 3.30. The molecule has 0 aliphatic heterocycles. The van der Waals surface area contributed by atoms with Gasteiger partial charge in [-0.3, -0.25) is 4.79 Å². The van der Waals surface area contributed by atoms with Gasteiger partial charge in [0, 0.05) is 17.4 Å². The molecule has 2 aromatic heterocycles. The molecule has 2 unspecified atom stereocenters. The Kier molecular flexibility index (Phi) is 7.04. The number of nitriles is 1. The smallest absolute Gasteiger partial charge is 0.407 e. The lowest BCUT2D eigenvalue weighted by Crippen LogP contribution is -2.38. The minimum absolute atomic E-state index is 0.162. The molecular formula is C20H21N3O4S2. The maximum absolute atomic E-state index is 12.2. The molecule has 0 spiro atoms. The molecular weight excluding hydrogens is 410 g/mol. The lowest BCUT2D eigenvalue weighted by atomic mass is 9.94. The number of carbonyl (C=O) groups excluding carboxylic acids is 2. The Morgan fingerprint density at radius 1 is 1.52 bits per heavy atom. The summed E-state index contributed by atoms with van der Waals surface area (Å²) in [7, 11) is 0. The number of aliphatic hydroxyl groups is 1. The molecule has 0 fully saturated rings. The zero-order valence-corrected chi connectivity index (χ0v) is 17.4. The van der Waals surface area contributed by atoms with Crippen LogP contribution < -0.4 is 10.6 Å². The van der Waals surface area contributed by atoms with E-state index >= 15 is 0 Å². The monoisotopic (exact) mass is 431 g/mol. The highest BCUT2D eigenvalue weighted by Crippen LogP contribution is 2.38. The number of ether oxygens (including phenoxy) is 1. The number of hydrogen-bond acceptors (Lipinski definition) is 7. The molecule has 2 heterocycles. The first-order chi connectivity index (χ1) is 14.0. The number of nitrogens with zero attached hydrogens (tertiary/aromatic N) is 1. The minimum Gasteiger partial charge on any atom is -0.446 e. The van der Waals surface area contributed by atoms with Crippen LogP contribution in [0.4, 0.5) is 9.80 Å². The number of aliphatic hydroxyl groups excluding tert-OH is 1. The Morgan fingerprint density at radius 3 is 3.03 bits per heavy atom. The van der Waals surface area contributed by atoms with Gasteiger partial charge in [-0.15, -0.1) is 11.3 Å². The van der Waals surface area contributed by atoms with E-state index in [1.807, 2.05) is 16.8 Å². The van der Waals surface area contributed by atoms with Gasteiger partial charge in [-0.2, -0.15) is 16.6 Å². The van der Waals surface area contributed by atoms with E-state index in [4.69, 9.17) is 9.84 Å². The van der Waals surface area contributed by atoms with Gasteiger partial charge < -0.3 is 20.5 Å². The van der Waals surface area contributed by atoms with Crippen LogP contribution >= 0.6 is 22.7 Å². The highest BCUT2D eigenvalue weighted by Gasteiger charge is 2.28. The van der Waals surface area contributed by atoms with Crippen molar-refractivity contribution < 1.29 is 19.4 Å². The van der Waals surface area contributed by atoms with Gasteiger partial charge >= 0.3 is 6.09 Å². The first-order valence-corrected chi connectivity index (χ1v) is 10.9. The molecule has 29 heavy (non-hydrogen) atoms. The van der Waals surface area contributed by atoms with E-state index in [9.17, 15) is 14.9 Å². The van der Waals surface area contributed by atoms with Crippen molar-refractivity contribution in [3.8, 4) is 6.07 Å². The molecule has 1 aliphatic rings. The van der Waals surface area contributed by atoms with Crippen LogP contribution in [-0.4, -0.2) is 35.9 Å². The number of hydrogen-bond donors (Lipinski definition) is 3. The zero-order chi connectivity index (χ0) is 20.8. The first-order valence-electron chi connectivity index (χ1n) is 9.14. The maximum Gasteiger partial charge on any atom is 0.407 e. The van der Waals surface area contributed by atoms with Gasteiger partial charge in [0.2, 0.25) is 5.91 Å². The lowest BCUT2D eigenvalue weighted by molar-refractivity contribution is -0.111. The van der Waals surface area contributed by atoms with Crippen molar-refractivity contribution in [3.63, 3.8) is 0 Å². The van der Waals surface area contributed by atoms with Crippen molar-refractivity contribution in [2.75, 3.05) is 11.9 Å². The standard InChI is InChI=1S/C20H21N3O4S2/c1-12(10-24)22-20(26)27-14-3-4-15-16(9-21)19(29-17(15)8-14)23-18(25)5-2-13-6-7-28-11-13/h2,5-7,11-12,14,24H,3-4,8,10H2,1H3,(H,22,26)(H,23,25). The third-order valence-corrected chi connectivity index (χ3v) is 6.32. The second kappa shape index (κ2) is 9.69. The summed E-state index contributed by atoms with van der Waals surface area (Å²) in [6.45, 7) is 1.52. The zero-order valence-electron chi connectivity index (χ0n) is 15.8. The van der Waals surface area contributed by atoms with Gasteiger partial charge in [-0.05, 0) is 53.8 Å². The maximum atomic E-state index is 12.2. The summed E-state index contributed by atoms with van der Waals surface area (Å²) in [5, 5.41) is 28.3. The molecule has 0 saturated carbocycles. The number of fused-ring (bicyclic) bond motifs is 1. The number of alkyl carbamates (subject to hydrolysis) is 1. The molecule has 3 N–H and O–H groups in total. The molecule has 2 aromatic rings. The topological polar surface area (TPSA) is 111 Å². The van der Waals surface area contributed by atoms with E-state index in [2.05, 4.69) is 16.7 Å². The Labute approximate surface area is 176 Å². The van der Waals surface area contributed by atoms with E-state index in [0.29, 0.717) is 29.8 Å². The highest BCUT2D eigenvalue weighted by atomic mass is 32.1. The second-order valence-corrected chi connectivity index (χ2v) is 8.58. The van der Waals surface area contributed by atoms with Gasteiger partial charge in [0.05, 0.1) is 18.2 Å². The van der Waals surface area contributed by atoms with Crippen molar-refractivity contribution in [1.82, 2.24) is 5.32 Å². The average Bonchev–Trinajstić information content (AvgIpc) is 3.32. The van der Waals surface area contributed by atoms with Gasteiger partial charge in [0.25, 0.3) is 0 Å². The van der Waals surface area contributed by atoms with E-state index in [0.717, 1.165) is 16.0 Å². The molecule has 0 bridgehead atoms. The van der Waals surface area contributed by atoms with Crippen LogP contribution in [-0.2, 0) is 22.4 Å². The molecule has 2 amide bonds. The molecule has 1 aliphatic carbocycles. The number of thiophene rings is 2. The molecule has 0 aromatic carbocycles. The van der Waals surface area contributed by atoms with Crippen molar-refractivity contribution in [2.24, 2.45) is 0 Å². The van der Waals surface area contributed by atoms with Crippen molar-refractivity contribution in [3.05, 3.63) is 44.5 Å². The number of anilines is 1. The van der Waals surface area contributed by atoms with Crippen LogP contribution in [0.2, 0.25) is 0 Å². The van der Waals surface area contributed by atoms with Crippen LogP contribution in [0.1, 0.15) is 34.9 Å². The van der Waals surface area contributed by atoms with E-state index in [1.54, 1.807) is 24.3 Å². The predicted molar refractivity (Wildman–Crippen MR) is 113 cm³/mol. The Balaban J connectivity index is 1.65. The Bertz CT molecular complexity index is 944.